The Morgan fingerprint density at radius 1 is 1.27 bits per heavy atom. The lowest BCUT2D eigenvalue weighted by Crippen LogP contribution is -2.22. The van der Waals surface area contributed by atoms with Gasteiger partial charge in [0.1, 0.15) is 0 Å². The van der Waals surface area contributed by atoms with Crippen LogP contribution >= 0.6 is 0 Å². The molecule has 0 unspecified atom stereocenters. The van der Waals surface area contributed by atoms with Gasteiger partial charge in [-0.2, -0.15) is 5.10 Å². The molecule has 0 atom stereocenters. The molecule has 0 spiro atoms. The maximum absolute atomic E-state index is 11.6. The minimum Gasteiger partial charge on any atom is -0.332 e. The highest BCUT2D eigenvalue weighted by Gasteiger charge is 2.28. The van der Waals surface area contributed by atoms with Crippen LogP contribution in [0.5, 0.6) is 0 Å². The lowest BCUT2D eigenvalue weighted by molar-refractivity contribution is -0.129. The van der Waals surface area contributed by atoms with E-state index in [-0.39, 0.29) is 11.8 Å². The number of carbonyl (C=O) groups excluding carboxylic acids is 2. The molecular weight excluding hydrogens is 280 g/mol. The summed E-state index contributed by atoms with van der Waals surface area (Å²) in [5.74, 6) is -0.0795. The summed E-state index contributed by atoms with van der Waals surface area (Å²) in [5.41, 5.74) is 5.51. The molecule has 2 N–H and O–H groups in total. The Bertz CT molecular complexity index is 764. The van der Waals surface area contributed by atoms with Crippen molar-refractivity contribution in [3.63, 3.8) is 0 Å². The first kappa shape index (κ1) is 14.3. The predicted molar refractivity (Wildman–Crippen MR) is 83.0 cm³/mol. The fourth-order valence-electron chi connectivity index (χ4n) is 2.85. The van der Waals surface area contributed by atoms with Gasteiger partial charge in [0, 0.05) is 25.0 Å². The zero-order valence-corrected chi connectivity index (χ0v) is 12.9. The van der Waals surface area contributed by atoms with Crippen molar-refractivity contribution in [2.75, 3.05) is 5.32 Å². The number of anilines is 1. The Kier molecular flexibility index (Phi) is 3.44. The fraction of sp³-hybridized carbons (Fsp3) is 0.312. The van der Waals surface area contributed by atoms with E-state index in [2.05, 4.69) is 15.5 Å². The van der Waals surface area contributed by atoms with E-state index in [0.29, 0.717) is 13.1 Å². The van der Waals surface area contributed by atoms with E-state index in [1.807, 2.05) is 25.1 Å². The second-order valence-electron chi connectivity index (χ2n) is 5.58. The Morgan fingerprint density at radius 2 is 2.05 bits per heavy atom. The van der Waals surface area contributed by atoms with E-state index >= 15 is 0 Å². The molecule has 114 valence electrons. The van der Waals surface area contributed by atoms with Crippen molar-refractivity contribution in [3.05, 3.63) is 35.0 Å². The summed E-state index contributed by atoms with van der Waals surface area (Å²) in [6.45, 7) is 6.12. The van der Waals surface area contributed by atoms with Gasteiger partial charge in [-0.25, -0.2) is 0 Å². The van der Waals surface area contributed by atoms with Crippen LogP contribution in [0.3, 0.4) is 0 Å². The summed E-state index contributed by atoms with van der Waals surface area (Å²) < 4.78 is 0. The molecule has 2 heterocycles. The number of hydrogen-bond acceptors (Lipinski definition) is 3. The van der Waals surface area contributed by atoms with Crippen molar-refractivity contribution in [1.82, 2.24) is 15.1 Å². The molecule has 1 aromatic heterocycles. The quantitative estimate of drug-likeness (QED) is 0.892. The van der Waals surface area contributed by atoms with Gasteiger partial charge in [0.15, 0.2) is 0 Å². The van der Waals surface area contributed by atoms with E-state index in [1.165, 1.54) is 6.92 Å². The smallest absolute Gasteiger partial charge is 0.221 e. The monoisotopic (exact) mass is 298 g/mol. The van der Waals surface area contributed by atoms with E-state index in [4.69, 9.17) is 0 Å². The molecule has 0 saturated heterocycles. The highest BCUT2D eigenvalue weighted by Crippen LogP contribution is 2.36. The highest BCUT2D eigenvalue weighted by molar-refractivity contribution is 5.95. The van der Waals surface area contributed by atoms with E-state index in [1.54, 1.807) is 11.8 Å². The Hall–Kier alpha value is -2.63. The van der Waals surface area contributed by atoms with Crippen molar-refractivity contribution >= 4 is 17.5 Å². The van der Waals surface area contributed by atoms with Crippen LogP contribution in [0.25, 0.3) is 11.3 Å². The normalized spacial score (nSPS) is 13.1. The molecule has 3 rings (SSSR count). The summed E-state index contributed by atoms with van der Waals surface area (Å²) in [7, 11) is 0. The van der Waals surface area contributed by atoms with Crippen LogP contribution in [-0.2, 0) is 22.7 Å². The molecule has 1 aliphatic heterocycles. The SMILES string of the molecule is CC(=O)Nc1cccc(C)c1-c1[nH]nc2c1CN(C(C)=O)C2. The number of aryl methyl sites for hydroxylation is 1. The molecule has 6 heteroatoms. The summed E-state index contributed by atoms with van der Waals surface area (Å²) in [6.07, 6.45) is 0. The zero-order chi connectivity index (χ0) is 15.9. The molecule has 0 aliphatic carbocycles. The highest BCUT2D eigenvalue weighted by atomic mass is 16.2. The number of rotatable bonds is 2. The minimum absolute atomic E-state index is 0.0378. The van der Waals surface area contributed by atoms with Gasteiger partial charge in [0.25, 0.3) is 0 Å². The van der Waals surface area contributed by atoms with Gasteiger partial charge in [0.05, 0.1) is 30.2 Å². The molecule has 0 saturated carbocycles. The largest absolute Gasteiger partial charge is 0.332 e. The van der Waals surface area contributed by atoms with Crippen LogP contribution < -0.4 is 5.32 Å². The van der Waals surface area contributed by atoms with Crippen LogP contribution in [-0.4, -0.2) is 26.9 Å². The molecule has 22 heavy (non-hydrogen) atoms. The Balaban J connectivity index is 2.08. The number of carbonyl (C=O) groups is 2. The zero-order valence-electron chi connectivity index (χ0n) is 12.9. The Labute approximate surface area is 128 Å². The lowest BCUT2D eigenvalue weighted by Gasteiger charge is -2.15. The minimum atomic E-state index is -0.117. The first-order chi connectivity index (χ1) is 10.5. The maximum Gasteiger partial charge on any atom is 0.221 e. The molecule has 2 amide bonds. The molecule has 1 aromatic carbocycles. The van der Waals surface area contributed by atoms with Gasteiger partial charge in [-0.1, -0.05) is 12.1 Å². The standard InChI is InChI=1S/C16H18N4O2/c1-9-5-4-6-13(17-10(2)21)15(9)16-12-7-20(11(3)22)8-14(12)18-19-16/h4-6H,7-8H2,1-3H3,(H,17,21)(H,18,19). The van der Waals surface area contributed by atoms with Gasteiger partial charge >= 0.3 is 0 Å². The average molecular weight is 298 g/mol. The van der Waals surface area contributed by atoms with Crippen molar-refractivity contribution in [1.29, 1.82) is 0 Å². The molecule has 0 radical (unpaired) electrons. The number of hydrogen-bond donors (Lipinski definition) is 2. The van der Waals surface area contributed by atoms with Crippen molar-refractivity contribution < 1.29 is 9.59 Å². The lowest BCUT2D eigenvalue weighted by atomic mass is 10.00. The van der Waals surface area contributed by atoms with Crippen LogP contribution in [0.1, 0.15) is 30.7 Å². The molecular formula is C16H18N4O2. The predicted octanol–water partition coefficient (Wildman–Crippen LogP) is 2.21. The van der Waals surface area contributed by atoms with Gasteiger partial charge in [-0.05, 0) is 18.6 Å². The van der Waals surface area contributed by atoms with Crippen LogP contribution in [0.2, 0.25) is 0 Å². The number of amides is 2. The van der Waals surface area contributed by atoms with Crippen LogP contribution in [0.4, 0.5) is 5.69 Å². The number of aromatic amines is 1. The average Bonchev–Trinajstić information content (AvgIpc) is 2.99. The third kappa shape index (κ3) is 2.36. The van der Waals surface area contributed by atoms with Crippen molar-refractivity contribution in [3.8, 4) is 11.3 Å². The van der Waals surface area contributed by atoms with Crippen LogP contribution in [0, 0.1) is 6.92 Å². The first-order valence-corrected chi connectivity index (χ1v) is 7.16. The van der Waals surface area contributed by atoms with Crippen LogP contribution in [0.15, 0.2) is 18.2 Å². The molecule has 6 nitrogen and oxygen atoms in total. The third-order valence-electron chi connectivity index (χ3n) is 3.92. The molecule has 0 fully saturated rings. The number of benzene rings is 1. The van der Waals surface area contributed by atoms with Gasteiger partial charge < -0.3 is 10.2 Å². The van der Waals surface area contributed by atoms with Crippen molar-refractivity contribution in [2.45, 2.75) is 33.9 Å². The topological polar surface area (TPSA) is 78.1 Å². The van der Waals surface area contributed by atoms with Gasteiger partial charge in [0.2, 0.25) is 11.8 Å². The third-order valence-corrected chi connectivity index (χ3v) is 3.92. The van der Waals surface area contributed by atoms with E-state index in [0.717, 1.165) is 33.8 Å². The maximum atomic E-state index is 11.6. The summed E-state index contributed by atoms with van der Waals surface area (Å²) in [4.78, 5) is 24.8. The van der Waals surface area contributed by atoms with Gasteiger partial charge in [-0.3, -0.25) is 14.7 Å². The molecule has 2 aromatic rings. The molecule has 1 aliphatic rings. The van der Waals surface area contributed by atoms with Crippen molar-refractivity contribution in [2.24, 2.45) is 0 Å². The van der Waals surface area contributed by atoms with Gasteiger partial charge in [-0.15, -0.1) is 0 Å². The number of nitrogens with zero attached hydrogens (tertiary/aromatic N) is 2. The molecule has 0 bridgehead atoms. The second-order valence-corrected chi connectivity index (χ2v) is 5.58. The number of H-pyrrole nitrogens is 1. The van der Waals surface area contributed by atoms with E-state index < -0.39 is 0 Å². The number of fused-ring (bicyclic) bond motifs is 1. The summed E-state index contributed by atoms with van der Waals surface area (Å²) >= 11 is 0. The summed E-state index contributed by atoms with van der Waals surface area (Å²) in [5, 5.41) is 10.3. The van der Waals surface area contributed by atoms with E-state index in [9.17, 15) is 9.59 Å². The fourth-order valence-corrected chi connectivity index (χ4v) is 2.85. The first-order valence-electron chi connectivity index (χ1n) is 7.16. The summed E-state index contributed by atoms with van der Waals surface area (Å²) in [6, 6.07) is 5.77. The second kappa shape index (κ2) is 5.29. The Morgan fingerprint density at radius 3 is 2.73 bits per heavy atom. The number of nitrogens with one attached hydrogen (secondary N) is 2. The number of aromatic nitrogens is 2.